The molecule has 1 aliphatic heterocycles. The molecule has 0 aliphatic carbocycles. The van der Waals surface area contributed by atoms with Gasteiger partial charge in [0.25, 0.3) is 0 Å². The van der Waals surface area contributed by atoms with Gasteiger partial charge in [-0.1, -0.05) is 41.4 Å². The van der Waals surface area contributed by atoms with Crippen LogP contribution in [0.5, 0.6) is 5.75 Å². The summed E-state index contributed by atoms with van der Waals surface area (Å²) < 4.78 is 41.5. The summed E-state index contributed by atoms with van der Waals surface area (Å²) >= 11 is 12.4. The molecule has 10 heteroatoms. The second-order valence-corrected chi connectivity index (χ2v) is 9.39. The molecule has 4 rings (SSSR count). The number of piperazine rings is 1. The second kappa shape index (κ2) is 11.9. The number of nitrogens with zero attached hydrogens (tertiary/aromatic N) is 2. The first-order valence-electron chi connectivity index (χ1n) is 11.6. The number of hydrogen-bond acceptors (Lipinski definition) is 4. The van der Waals surface area contributed by atoms with Gasteiger partial charge in [0.05, 0.1) is 0 Å². The van der Waals surface area contributed by atoms with Crippen LogP contribution in [0.3, 0.4) is 0 Å². The van der Waals surface area contributed by atoms with Crippen LogP contribution in [0.2, 0.25) is 10.0 Å². The van der Waals surface area contributed by atoms with Gasteiger partial charge in [0, 0.05) is 54.1 Å². The highest BCUT2D eigenvalue weighted by Gasteiger charge is 2.31. The van der Waals surface area contributed by atoms with Gasteiger partial charge in [-0.2, -0.15) is 0 Å². The molecule has 1 heterocycles. The summed E-state index contributed by atoms with van der Waals surface area (Å²) in [6, 6.07) is 19.0. The number of halogens is 5. The topological polar surface area (TPSA) is 51.6 Å². The third kappa shape index (κ3) is 8.15. The van der Waals surface area contributed by atoms with Gasteiger partial charge in [-0.25, -0.2) is 0 Å². The van der Waals surface area contributed by atoms with Crippen molar-refractivity contribution < 1.29 is 17.9 Å². The lowest BCUT2D eigenvalue weighted by Crippen LogP contribution is -2.45. The molecule has 1 saturated heterocycles. The first kappa shape index (κ1) is 26.9. The summed E-state index contributed by atoms with van der Waals surface area (Å²) in [5.41, 5.74) is 3.33. The standard InChI is InChI=1S/C27H25Cl2F3N4O/c28-21-6-8-22(9-7-21)34-26(33)11-5-20-4-10-23(17-25(20)29)36-14-12-35(13-15-36)18-19-2-1-3-24(16-19)37-27(30,31)32/h1-11,16-17H,12-15,18H2,(H2,33,34)/b11-5+. The molecule has 1 fully saturated rings. The predicted octanol–water partition coefficient (Wildman–Crippen LogP) is 7.32. The van der Waals surface area contributed by atoms with Crippen LogP contribution in [0.15, 0.2) is 72.8 Å². The fourth-order valence-corrected chi connectivity index (χ4v) is 4.38. The van der Waals surface area contributed by atoms with Gasteiger partial charge in [-0.3, -0.25) is 10.3 Å². The molecule has 3 aromatic carbocycles. The third-order valence-corrected chi connectivity index (χ3v) is 6.39. The van der Waals surface area contributed by atoms with Crippen LogP contribution in [0.4, 0.5) is 24.5 Å². The summed E-state index contributed by atoms with van der Waals surface area (Å²) in [7, 11) is 0. The summed E-state index contributed by atoms with van der Waals surface area (Å²) in [5.74, 6) is 0.0115. The first-order chi connectivity index (χ1) is 17.6. The zero-order chi connectivity index (χ0) is 26.4. The number of hydrogen-bond donors (Lipinski definition) is 2. The number of rotatable bonds is 7. The van der Waals surface area contributed by atoms with Crippen molar-refractivity contribution in [3.63, 3.8) is 0 Å². The highest BCUT2D eigenvalue weighted by molar-refractivity contribution is 6.32. The molecular formula is C27H25Cl2F3N4O. The zero-order valence-corrected chi connectivity index (χ0v) is 21.2. The van der Waals surface area contributed by atoms with Crippen LogP contribution in [0.25, 0.3) is 6.08 Å². The lowest BCUT2D eigenvalue weighted by Gasteiger charge is -2.36. The van der Waals surface area contributed by atoms with E-state index in [4.69, 9.17) is 28.6 Å². The van der Waals surface area contributed by atoms with E-state index in [1.54, 1.807) is 48.6 Å². The van der Waals surface area contributed by atoms with Gasteiger partial charge in [-0.05, 0) is 71.8 Å². The number of amidine groups is 1. The van der Waals surface area contributed by atoms with E-state index in [1.807, 2.05) is 18.2 Å². The Labute approximate surface area is 223 Å². The minimum Gasteiger partial charge on any atom is -0.406 e. The number of anilines is 2. The molecule has 0 atom stereocenters. The van der Waals surface area contributed by atoms with Crippen molar-refractivity contribution in [1.29, 1.82) is 5.41 Å². The summed E-state index contributed by atoms with van der Waals surface area (Å²) in [4.78, 5) is 4.42. The number of nitrogens with one attached hydrogen (secondary N) is 2. The SMILES string of the molecule is N=C(/C=C/c1ccc(N2CCN(Cc3cccc(OC(F)(F)F)c3)CC2)cc1Cl)Nc1ccc(Cl)cc1. The van der Waals surface area contributed by atoms with Crippen LogP contribution >= 0.6 is 23.2 Å². The van der Waals surface area contributed by atoms with Gasteiger partial charge in [0.15, 0.2) is 0 Å². The lowest BCUT2D eigenvalue weighted by molar-refractivity contribution is -0.274. The molecule has 0 radical (unpaired) electrons. The fourth-order valence-electron chi connectivity index (χ4n) is 4.01. The van der Waals surface area contributed by atoms with Crippen molar-refractivity contribution in [3.05, 3.63) is 94.0 Å². The Hall–Kier alpha value is -3.20. The molecule has 3 aromatic rings. The molecule has 0 aromatic heterocycles. The Morgan fingerprint density at radius 2 is 1.70 bits per heavy atom. The van der Waals surface area contributed by atoms with E-state index in [2.05, 4.69) is 19.9 Å². The van der Waals surface area contributed by atoms with Crippen molar-refractivity contribution >= 4 is 46.5 Å². The Morgan fingerprint density at radius 3 is 2.38 bits per heavy atom. The molecule has 37 heavy (non-hydrogen) atoms. The maximum atomic E-state index is 12.5. The summed E-state index contributed by atoms with van der Waals surface area (Å²) in [6.45, 7) is 3.59. The largest absolute Gasteiger partial charge is 0.573 e. The van der Waals surface area contributed by atoms with E-state index in [-0.39, 0.29) is 11.6 Å². The smallest absolute Gasteiger partial charge is 0.406 e. The van der Waals surface area contributed by atoms with Gasteiger partial charge in [0.1, 0.15) is 11.6 Å². The normalized spacial score (nSPS) is 14.7. The minimum atomic E-state index is -4.70. The lowest BCUT2D eigenvalue weighted by atomic mass is 10.1. The number of ether oxygens (including phenoxy) is 1. The minimum absolute atomic E-state index is 0.205. The van der Waals surface area contributed by atoms with Crippen LogP contribution in [0.1, 0.15) is 11.1 Å². The predicted molar refractivity (Wildman–Crippen MR) is 144 cm³/mol. The van der Waals surface area contributed by atoms with E-state index in [9.17, 15) is 13.2 Å². The van der Waals surface area contributed by atoms with E-state index in [0.29, 0.717) is 16.6 Å². The van der Waals surface area contributed by atoms with Gasteiger partial charge in [0.2, 0.25) is 0 Å². The Morgan fingerprint density at radius 1 is 0.973 bits per heavy atom. The van der Waals surface area contributed by atoms with E-state index in [0.717, 1.165) is 48.7 Å². The van der Waals surface area contributed by atoms with Crippen LogP contribution in [-0.2, 0) is 6.54 Å². The van der Waals surface area contributed by atoms with Crippen molar-refractivity contribution in [2.75, 3.05) is 36.4 Å². The molecule has 0 saturated carbocycles. The molecule has 194 valence electrons. The Balaban J connectivity index is 1.29. The quantitative estimate of drug-likeness (QED) is 0.240. The van der Waals surface area contributed by atoms with Gasteiger partial charge in [-0.15, -0.1) is 13.2 Å². The van der Waals surface area contributed by atoms with E-state index in [1.165, 1.54) is 12.1 Å². The van der Waals surface area contributed by atoms with Crippen molar-refractivity contribution in [2.24, 2.45) is 0 Å². The monoisotopic (exact) mass is 548 g/mol. The first-order valence-corrected chi connectivity index (χ1v) is 12.3. The molecular weight excluding hydrogens is 524 g/mol. The maximum Gasteiger partial charge on any atom is 0.573 e. The highest BCUT2D eigenvalue weighted by Crippen LogP contribution is 2.27. The zero-order valence-electron chi connectivity index (χ0n) is 19.7. The van der Waals surface area contributed by atoms with E-state index < -0.39 is 6.36 Å². The molecule has 5 nitrogen and oxygen atoms in total. The average Bonchev–Trinajstić information content (AvgIpc) is 2.84. The third-order valence-electron chi connectivity index (χ3n) is 5.81. The maximum absolute atomic E-state index is 12.5. The second-order valence-electron chi connectivity index (χ2n) is 8.54. The van der Waals surface area contributed by atoms with E-state index >= 15 is 0 Å². The average molecular weight is 549 g/mol. The molecule has 2 N–H and O–H groups in total. The summed E-state index contributed by atoms with van der Waals surface area (Å²) in [6.07, 6.45) is -1.28. The van der Waals surface area contributed by atoms with Crippen LogP contribution in [-0.4, -0.2) is 43.3 Å². The van der Waals surface area contributed by atoms with Crippen molar-refractivity contribution in [3.8, 4) is 5.75 Å². The van der Waals surface area contributed by atoms with Crippen LogP contribution in [0, 0.1) is 5.41 Å². The van der Waals surface area contributed by atoms with Crippen LogP contribution < -0.4 is 15.0 Å². The number of benzene rings is 3. The van der Waals surface area contributed by atoms with Crippen molar-refractivity contribution in [1.82, 2.24) is 4.90 Å². The highest BCUT2D eigenvalue weighted by atomic mass is 35.5. The molecule has 0 spiro atoms. The number of alkyl halides is 3. The summed E-state index contributed by atoms with van der Waals surface area (Å²) in [5, 5.41) is 12.3. The Kier molecular flexibility index (Phi) is 8.63. The molecule has 1 aliphatic rings. The van der Waals surface area contributed by atoms with Gasteiger partial charge < -0.3 is 15.0 Å². The molecule has 0 bridgehead atoms. The fraction of sp³-hybridized carbons (Fsp3) is 0.222. The Bertz CT molecular complexity index is 1260. The van der Waals surface area contributed by atoms with Gasteiger partial charge >= 0.3 is 6.36 Å². The van der Waals surface area contributed by atoms with Crippen molar-refractivity contribution in [2.45, 2.75) is 12.9 Å². The molecule has 0 amide bonds. The molecule has 0 unspecified atom stereocenters.